The molecule has 22 heavy (non-hydrogen) atoms. The van der Waals surface area contributed by atoms with Gasteiger partial charge in [-0.3, -0.25) is 4.79 Å². The van der Waals surface area contributed by atoms with E-state index in [1.807, 2.05) is 6.92 Å². The number of carbonyl (C=O) groups excluding carboxylic acids is 1. The number of hydrogen-bond acceptors (Lipinski definition) is 5. The maximum atomic E-state index is 11.8. The Labute approximate surface area is 135 Å². The number of carbonyl (C=O) groups is 1. The summed E-state index contributed by atoms with van der Waals surface area (Å²) in [5, 5.41) is 3.25. The Morgan fingerprint density at radius 1 is 1.41 bits per heavy atom. The van der Waals surface area contributed by atoms with Crippen molar-refractivity contribution in [2.75, 3.05) is 27.4 Å². The van der Waals surface area contributed by atoms with Crippen LogP contribution in [0.25, 0.3) is 0 Å². The Balaban J connectivity index is 2.70. The van der Waals surface area contributed by atoms with Crippen LogP contribution in [0.15, 0.2) is 12.1 Å². The minimum atomic E-state index is -0.279. The van der Waals surface area contributed by atoms with E-state index in [9.17, 15) is 4.79 Å². The summed E-state index contributed by atoms with van der Waals surface area (Å²) in [6, 6.07) is 3.53. The Hall–Kier alpha value is -1.50. The lowest BCUT2D eigenvalue weighted by molar-refractivity contribution is -0.123. The summed E-state index contributed by atoms with van der Waals surface area (Å²) < 4.78 is 15.8. The number of nitrogens with two attached hydrogens (primary N) is 1. The molecule has 0 aliphatic rings. The number of methoxy groups -OCH3 is 2. The normalized spacial score (nSPS) is 11.9. The highest BCUT2D eigenvalue weighted by Crippen LogP contribution is 2.36. The standard InChI is InChI=1S/C15H23ClN2O4/c1-4-22-15-12(16)5-10(6-13(15)21-3)9-18-14(19)7-11(8-17)20-2/h5-6,11H,4,7-9,17H2,1-3H3,(H,18,19). The van der Waals surface area contributed by atoms with Gasteiger partial charge in [-0.05, 0) is 24.6 Å². The van der Waals surface area contributed by atoms with E-state index < -0.39 is 0 Å². The van der Waals surface area contributed by atoms with E-state index in [0.717, 1.165) is 5.56 Å². The number of hydrogen-bond donors (Lipinski definition) is 2. The second-order valence-electron chi connectivity index (χ2n) is 4.62. The van der Waals surface area contributed by atoms with Crippen LogP contribution in [0.4, 0.5) is 0 Å². The van der Waals surface area contributed by atoms with E-state index in [0.29, 0.717) is 36.2 Å². The SMILES string of the molecule is CCOc1c(Cl)cc(CNC(=O)CC(CN)OC)cc1OC. The Morgan fingerprint density at radius 3 is 2.68 bits per heavy atom. The van der Waals surface area contributed by atoms with Crippen LogP contribution in [0.1, 0.15) is 18.9 Å². The van der Waals surface area contributed by atoms with Crippen molar-refractivity contribution in [2.24, 2.45) is 5.73 Å². The zero-order valence-corrected chi connectivity index (χ0v) is 13.9. The predicted octanol–water partition coefficient (Wildman–Crippen LogP) is 1.73. The maximum Gasteiger partial charge on any atom is 0.222 e. The minimum absolute atomic E-state index is 0.138. The monoisotopic (exact) mass is 330 g/mol. The third-order valence-electron chi connectivity index (χ3n) is 3.08. The first-order valence-electron chi connectivity index (χ1n) is 7.04. The van der Waals surface area contributed by atoms with Crippen LogP contribution in [-0.4, -0.2) is 39.4 Å². The fourth-order valence-electron chi connectivity index (χ4n) is 1.90. The van der Waals surface area contributed by atoms with Crippen molar-refractivity contribution in [1.29, 1.82) is 0 Å². The number of benzene rings is 1. The summed E-state index contributed by atoms with van der Waals surface area (Å²) in [6.07, 6.45) is -0.0620. The Kier molecular flexibility index (Phi) is 8.01. The molecule has 0 aliphatic carbocycles. The van der Waals surface area contributed by atoms with Crippen LogP contribution in [0, 0.1) is 0 Å². The Morgan fingerprint density at radius 2 is 2.14 bits per heavy atom. The number of amides is 1. The number of rotatable bonds is 9. The van der Waals surface area contributed by atoms with E-state index >= 15 is 0 Å². The molecule has 0 aromatic heterocycles. The first kappa shape index (κ1) is 18.5. The molecule has 124 valence electrons. The van der Waals surface area contributed by atoms with E-state index in [2.05, 4.69) is 5.32 Å². The first-order chi connectivity index (χ1) is 10.5. The molecule has 1 aromatic rings. The van der Waals surface area contributed by atoms with E-state index in [4.69, 9.17) is 31.5 Å². The van der Waals surface area contributed by atoms with Crippen LogP contribution in [0.3, 0.4) is 0 Å². The molecular weight excluding hydrogens is 308 g/mol. The average molecular weight is 331 g/mol. The summed E-state index contributed by atoms with van der Waals surface area (Å²) >= 11 is 6.18. The molecule has 3 N–H and O–H groups in total. The van der Waals surface area contributed by atoms with Crippen molar-refractivity contribution in [1.82, 2.24) is 5.32 Å². The molecule has 0 heterocycles. The fraction of sp³-hybridized carbons (Fsp3) is 0.533. The minimum Gasteiger partial charge on any atom is -0.493 e. The Bertz CT molecular complexity index is 493. The van der Waals surface area contributed by atoms with E-state index in [1.165, 1.54) is 7.11 Å². The maximum absolute atomic E-state index is 11.8. The molecule has 1 aromatic carbocycles. The van der Waals surface area contributed by atoms with E-state index in [1.54, 1.807) is 19.2 Å². The van der Waals surface area contributed by atoms with Gasteiger partial charge >= 0.3 is 0 Å². The highest BCUT2D eigenvalue weighted by atomic mass is 35.5. The smallest absolute Gasteiger partial charge is 0.222 e. The van der Waals surface area contributed by atoms with Crippen LogP contribution in [-0.2, 0) is 16.1 Å². The number of halogens is 1. The third kappa shape index (κ3) is 5.36. The molecule has 0 radical (unpaired) electrons. The summed E-state index contributed by atoms with van der Waals surface area (Å²) in [7, 11) is 3.07. The summed E-state index contributed by atoms with van der Waals surface area (Å²) in [4.78, 5) is 11.8. The van der Waals surface area contributed by atoms with Gasteiger partial charge in [0.05, 0.1) is 31.3 Å². The second-order valence-corrected chi connectivity index (χ2v) is 5.02. The highest BCUT2D eigenvalue weighted by molar-refractivity contribution is 6.32. The van der Waals surface area contributed by atoms with Crippen LogP contribution >= 0.6 is 11.6 Å². The number of nitrogens with one attached hydrogen (secondary N) is 1. The van der Waals surface area contributed by atoms with Gasteiger partial charge in [0, 0.05) is 20.2 Å². The largest absolute Gasteiger partial charge is 0.493 e. The average Bonchev–Trinajstić information content (AvgIpc) is 2.52. The predicted molar refractivity (Wildman–Crippen MR) is 85.5 cm³/mol. The molecule has 0 fully saturated rings. The molecule has 0 bridgehead atoms. The molecule has 0 spiro atoms. The van der Waals surface area contributed by atoms with E-state index in [-0.39, 0.29) is 18.4 Å². The fourth-order valence-corrected chi connectivity index (χ4v) is 2.19. The van der Waals surface area contributed by atoms with Gasteiger partial charge in [0.2, 0.25) is 5.91 Å². The molecule has 0 saturated carbocycles. The van der Waals surface area contributed by atoms with Crippen molar-refractivity contribution < 1.29 is 19.0 Å². The van der Waals surface area contributed by atoms with Gasteiger partial charge in [0.15, 0.2) is 11.5 Å². The summed E-state index contributed by atoms with van der Waals surface area (Å²) in [5.41, 5.74) is 6.31. The molecule has 0 saturated heterocycles. The molecule has 1 amide bonds. The molecular formula is C15H23ClN2O4. The van der Waals surface area contributed by atoms with Gasteiger partial charge in [-0.1, -0.05) is 11.6 Å². The van der Waals surface area contributed by atoms with Crippen molar-refractivity contribution in [3.8, 4) is 11.5 Å². The zero-order chi connectivity index (χ0) is 16.5. The van der Waals surface area contributed by atoms with Gasteiger partial charge in [-0.25, -0.2) is 0 Å². The first-order valence-corrected chi connectivity index (χ1v) is 7.42. The van der Waals surface area contributed by atoms with Crippen molar-refractivity contribution in [3.05, 3.63) is 22.7 Å². The van der Waals surface area contributed by atoms with Crippen molar-refractivity contribution in [3.63, 3.8) is 0 Å². The second kappa shape index (κ2) is 9.50. The molecule has 1 unspecified atom stereocenters. The quantitative estimate of drug-likeness (QED) is 0.720. The molecule has 7 heteroatoms. The van der Waals surface area contributed by atoms with Crippen LogP contribution < -0.4 is 20.5 Å². The molecule has 1 rings (SSSR count). The van der Waals surface area contributed by atoms with Gasteiger partial charge < -0.3 is 25.3 Å². The topological polar surface area (TPSA) is 82.8 Å². The van der Waals surface area contributed by atoms with Crippen LogP contribution in [0.2, 0.25) is 5.02 Å². The lowest BCUT2D eigenvalue weighted by Gasteiger charge is -2.15. The van der Waals surface area contributed by atoms with Crippen molar-refractivity contribution in [2.45, 2.75) is 26.0 Å². The highest BCUT2D eigenvalue weighted by Gasteiger charge is 2.14. The van der Waals surface area contributed by atoms with Gasteiger partial charge in [-0.15, -0.1) is 0 Å². The van der Waals surface area contributed by atoms with Gasteiger partial charge in [0.1, 0.15) is 0 Å². The van der Waals surface area contributed by atoms with Gasteiger partial charge in [-0.2, -0.15) is 0 Å². The number of ether oxygens (including phenoxy) is 3. The lowest BCUT2D eigenvalue weighted by atomic mass is 10.2. The van der Waals surface area contributed by atoms with Crippen LogP contribution in [0.5, 0.6) is 11.5 Å². The van der Waals surface area contributed by atoms with Gasteiger partial charge in [0.25, 0.3) is 0 Å². The molecule has 6 nitrogen and oxygen atoms in total. The molecule has 0 aliphatic heterocycles. The summed E-state index contributed by atoms with van der Waals surface area (Å²) in [6.45, 7) is 2.99. The van der Waals surface area contributed by atoms with Crippen molar-refractivity contribution >= 4 is 17.5 Å². The summed E-state index contributed by atoms with van der Waals surface area (Å²) in [5.74, 6) is 0.904. The zero-order valence-electron chi connectivity index (χ0n) is 13.1. The lowest BCUT2D eigenvalue weighted by Crippen LogP contribution is -2.31. The third-order valence-corrected chi connectivity index (χ3v) is 3.36. The molecule has 1 atom stereocenters.